The van der Waals surface area contributed by atoms with E-state index in [1.807, 2.05) is 24.3 Å². The summed E-state index contributed by atoms with van der Waals surface area (Å²) >= 11 is 7.10. The molecule has 1 amide bonds. The molecule has 0 aliphatic heterocycles. The molecule has 5 nitrogen and oxygen atoms in total. The molecule has 1 saturated carbocycles. The maximum Gasteiger partial charge on any atom is 0.277 e. The molecule has 3 rings (SSSR count). The molecule has 0 spiro atoms. The standard InChI is InChI=1S/C15H16ClN3O2S/c16-12-5-1-10(2-6-12)7-8-17-13(20)9-22-15-19-18-14(21-15)11-3-4-11/h1-2,5-6,11H,3-4,7-9H2,(H,17,20). The number of hydrogen-bond acceptors (Lipinski definition) is 5. The molecule has 0 radical (unpaired) electrons. The van der Waals surface area contributed by atoms with Gasteiger partial charge in [0, 0.05) is 17.5 Å². The molecule has 0 atom stereocenters. The maximum absolute atomic E-state index is 11.8. The fraction of sp³-hybridized carbons (Fsp3) is 0.400. The SMILES string of the molecule is O=C(CSc1nnc(C2CC2)o1)NCCc1ccc(Cl)cc1. The molecule has 1 fully saturated rings. The number of aromatic nitrogens is 2. The van der Waals surface area contributed by atoms with Gasteiger partial charge in [0.15, 0.2) is 0 Å². The van der Waals surface area contributed by atoms with Gasteiger partial charge in [-0.15, -0.1) is 10.2 Å². The molecular formula is C15H16ClN3O2S. The molecule has 2 aromatic rings. The molecule has 1 N–H and O–H groups in total. The van der Waals surface area contributed by atoms with Crippen molar-refractivity contribution in [3.63, 3.8) is 0 Å². The molecule has 22 heavy (non-hydrogen) atoms. The van der Waals surface area contributed by atoms with E-state index in [9.17, 15) is 4.79 Å². The minimum absolute atomic E-state index is 0.0369. The lowest BCUT2D eigenvalue weighted by Crippen LogP contribution is -2.27. The van der Waals surface area contributed by atoms with E-state index in [0.717, 1.165) is 24.8 Å². The van der Waals surface area contributed by atoms with Gasteiger partial charge in [0.05, 0.1) is 5.75 Å². The monoisotopic (exact) mass is 337 g/mol. The van der Waals surface area contributed by atoms with Crippen LogP contribution in [-0.2, 0) is 11.2 Å². The van der Waals surface area contributed by atoms with Gasteiger partial charge in [-0.3, -0.25) is 4.79 Å². The van der Waals surface area contributed by atoms with Crippen LogP contribution in [0.1, 0.15) is 30.2 Å². The predicted octanol–water partition coefficient (Wildman–Crippen LogP) is 3.05. The second-order valence-corrected chi connectivity index (χ2v) is 6.56. The van der Waals surface area contributed by atoms with Gasteiger partial charge in [-0.05, 0) is 37.0 Å². The predicted molar refractivity (Wildman–Crippen MR) is 85.2 cm³/mol. The Bertz CT molecular complexity index is 640. The minimum atomic E-state index is -0.0369. The molecule has 7 heteroatoms. The van der Waals surface area contributed by atoms with E-state index in [0.29, 0.717) is 28.6 Å². The first-order chi connectivity index (χ1) is 10.7. The highest BCUT2D eigenvalue weighted by Crippen LogP contribution is 2.39. The molecular weight excluding hydrogens is 322 g/mol. The number of hydrogen-bond donors (Lipinski definition) is 1. The van der Waals surface area contributed by atoms with E-state index in [1.54, 1.807) is 0 Å². The summed E-state index contributed by atoms with van der Waals surface area (Å²) in [5.74, 6) is 1.39. The number of benzene rings is 1. The van der Waals surface area contributed by atoms with Crippen LogP contribution >= 0.6 is 23.4 Å². The summed E-state index contributed by atoms with van der Waals surface area (Å²) in [5, 5.41) is 12.0. The Labute approximate surface area is 137 Å². The van der Waals surface area contributed by atoms with E-state index in [1.165, 1.54) is 11.8 Å². The maximum atomic E-state index is 11.8. The van der Waals surface area contributed by atoms with Gasteiger partial charge in [-0.25, -0.2) is 0 Å². The number of nitrogens with one attached hydrogen (secondary N) is 1. The molecule has 1 heterocycles. The van der Waals surface area contributed by atoms with Gasteiger partial charge in [-0.2, -0.15) is 0 Å². The minimum Gasteiger partial charge on any atom is -0.416 e. The Morgan fingerprint density at radius 3 is 2.82 bits per heavy atom. The van der Waals surface area contributed by atoms with E-state index < -0.39 is 0 Å². The van der Waals surface area contributed by atoms with Gasteiger partial charge >= 0.3 is 0 Å². The summed E-state index contributed by atoms with van der Waals surface area (Å²) in [6.45, 7) is 0.595. The highest BCUT2D eigenvalue weighted by molar-refractivity contribution is 7.99. The quantitative estimate of drug-likeness (QED) is 0.786. The van der Waals surface area contributed by atoms with Crippen molar-refractivity contribution in [3.8, 4) is 0 Å². The number of thioether (sulfide) groups is 1. The molecule has 0 saturated heterocycles. The summed E-state index contributed by atoms with van der Waals surface area (Å²) in [6, 6.07) is 7.62. The van der Waals surface area contributed by atoms with Crippen LogP contribution in [-0.4, -0.2) is 28.4 Å². The van der Waals surface area contributed by atoms with Crippen LogP contribution in [0.25, 0.3) is 0 Å². The van der Waals surface area contributed by atoms with Crippen molar-refractivity contribution in [3.05, 3.63) is 40.7 Å². The van der Waals surface area contributed by atoms with Crippen LogP contribution < -0.4 is 5.32 Å². The zero-order valence-corrected chi connectivity index (χ0v) is 13.5. The van der Waals surface area contributed by atoms with E-state index in [4.69, 9.17) is 16.0 Å². The third-order valence-electron chi connectivity index (χ3n) is 3.32. The average molecular weight is 338 g/mol. The van der Waals surface area contributed by atoms with Crippen molar-refractivity contribution in [2.45, 2.75) is 30.4 Å². The second-order valence-electron chi connectivity index (χ2n) is 5.20. The number of rotatable bonds is 7. The first-order valence-electron chi connectivity index (χ1n) is 7.18. The van der Waals surface area contributed by atoms with Crippen LogP contribution in [0.4, 0.5) is 0 Å². The number of amides is 1. The molecule has 1 aliphatic carbocycles. The van der Waals surface area contributed by atoms with Crippen LogP contribution in [0.15, 0.2) is 33.9 Å². The highest BCUT2D eigenvalue weighted by Gasteiger charge is 2.29. The Kier molecular flexibility index (Phi) is 5.00. The van der Waals surface area contributed by atoms with Gasteiger partial charge in [0.25, 0.3) is 5.22 Å². The zero-order chi connectivity index (χ0) is 15.4. The molecule has 1 aromatic heterocycles. The van der Waals surface area contributed by atoms with E-state index in [-0.39, 0.29) is 11.7 Å². The lowest BCUT2D eigenvalue weighted by Gasteiger charge is -2.04. The summed E-state index contributed by atoms with van der Waals surface area (Å²) in [5.41, 5.74) is 1.14. The summed E-state index contributed by atoms with van der Waals surface area (Å²) in [7, 11) is 0. The van der Waals surface area contributed by atoms with Crippen molar-refractivity contribution < 1.29 is 9.21 Å². The van der Waals surface area contributed by atoms with Crippen LogP contribution in [0, 0.1) is 0 Å². The van der Waals surface area contributed by atoms with Gasteiger partial charge in [-0.1, -0.05) is 35.5 Å². The average Bonchev–Trinajstić information content (AvgIpc) is 3.26. The lowest BCUT2D eigenvalue weighted by atomic mass is 10.1. The third-order valence-corrected chi connectivity index (χ3v) is 4.39. The Morgan fingerprint density at radius 2 is 2.09 bits per heavy atom. The smallest absolute Gasteiger partial charge is 0.277 e. The van der Waals surface area contributed by atoms with Gasteiger partial charge in [0.1, 0.15) is 0 Å². The Balaban J connectivity index is 1.35. The Hall–Kier alpha value is -1.53. The highest BCUT2D eigenvalue weighted by atomic mass is 35.5. The molecule has 1 aromatic carbocycles. The number of carbonyl (C=O) groups is 1. The summed E-state index contributed by atoms with van der Waals surface area (Å²) < 4.78 is 5.49. The zero-order valence-electron chi connectivity index (χ0n) is 11.9. The second kappa shape index (κ2) is 7.15. The van der Waals surface area contributed by atoms with Crippen molar-refractivity contribution in [1.29, 1.82) is 0 Å². The van der Waals surface area contributed by atoms with Crippen molar-refractivity contribution in [2.24, 2.45) is 0 Å². The molecule has 1 aliphatic rings. The number of carbonyl (C=O) groups excluding carboxylic acids is 1. The number of nitrogens with zero attached hydrogens (tertiary/aromatic N) is 2. The number of halogens is 1. The fourth-order valence-electron chi connectivity index (χ4n) is 1.95. The normalized spacial score (nSPS) is 14.0. The van der Waals surface area contributed by atoms with Crippen LogP contribution in [0.3, 0.4) is 0 Å². The van der Waals surface area contributed by atoms with Gasteiger partial charge in [0.2, 0.25) is 11.8 Å². The first-order valence-corrected chi connectivity index (χ1v) is 8.54. The van der Waals surface area contributed by atoms with Crippen molar-refractivity contribution in [2.75, 3.05) is 12.3 Å². The summed E-state index contributed by atoms with van der Waals surface area (Å²) in [6.07, 6.45) is 3.02. The van der Waals surface area contributed by atoms with Crippen LogP contribution in [0.2, 0.25) is 5.02 Å². The first kappa shape index (κ1) is 15.4. The lowest BCUT2D eigenvalue weighted by molar-refractivity contribution is -0.118. The van der Waals surface area contributed by atoms with E-state index in [2.05, 4.69) is 15.5 Å². The molecule has 0 bridgehead atoms. The van der Waals surface area contributed by atoms with E-state index >= 15 is 0 Å². The Morgan fingerprint density at radius 1 is 1.32 bits per heavy atom. The largest absolute Gasteiger partial charge is 0.416 e. The topological polar surface area (TPSA) is 68.0 Å². The van der Waals surface area contributed by atoms with Crippen molar-refractivity contribution in [1.82, 2.24) is 15.5 Å². The van der Waals surface area contributed by atoms with Gasteiger partial charge < -0.3 is 9.73 Å². The van der Waals surface area contributed by atoms with Crippen LogP contribution in [0.5, 0.6) is 0 Å². The third kappa shape index (κ3) is 4.48. The fourth-order valence-corrected chi connectivity index (χ4v) is 2.68. The summed E-state index contributed by atoms with van der Waals surface area (Å²) in [4.78, 5) is 11.8. The molecule has 116 valence electrons. The van der Waals surface area contributed by atoms with Crippen molar-refractivity contribution >= 4 is 29.3 Å². The molecule has 0 unspecified atom stereocenters.